The predicted molar refractivity (Wildman–Crippen MR) is 131 cm³/mol. The van der Waals surface area contributed by atoms with E-state index in [0.29, 0.717) is 57.3 Å². The Hall–Kier alpha value is -2.58. The Kier molecular flexibility index (Phi) is 8.25. The second-order valence-electron chi connectivity index (χ2n) is 11.4. The molecule has 3 saturated heterocycles. The average molecular weight is 505 g/mol. The lowest BCUT2D eigenvalue weighted by atomic mass is 9.77. The Bertz CT molecular complexity index is 988. The summed E-state index contributed by atoms with van der Waals surface area (Å²) >= 11 is 0. The van der Waals surface area contributed by atoms with Crippen LogP contribution in [0.25, 0.3) is 0 Å². The standard InChI is InChI=1S/C27H38F2N4O3/c1-16(2)22-8-7-17(3)9-25(35)33-14-18-10-19(23(33)5-4-6-24(34)31-22)15-32(13-18)27(36)26-21(29)11-20(28)12-30-26/h11-12,16-19,22-23H,4-10,13-15H2,1-3H3,(H,31,34)/t17-,18+,19-,22+,23+/m1/s1. The molecule has 4 heterocycles. The van der Waals surface area contributed by atoms with Gasteiger partial charge in [0, 0.05) is 50.6 Å². The van der Waals surface area contributed by atoms with Crippen molar-refractivity contribution in [3.8, 4) is 0 Å². The highest BCUT2D eigenvalue weighted by molar-refractivity contribution is 5.92. The Labute approximate surface area is 212 Å². The summed E-state index contributed by atoms with van der Waals surface area (Å²) in [5.41, 5.74) is -0.371. The fourth-order valence-electron chi connectivity index (χ4n) is 6.20. The fraction of sp³-hybridized carbons (Fsp3) is 0.704. The van der Waals surface area contributed by atoms with Crippen molar-refractivity contribution in [2.24, 2.45) is 23.7 Å². The monoisotopic (exact) mass is 504 g/mol. The molecule has 0 aromatic carbocycles. The SMILES string of the molecule is CC(C)[C@@H]1CC[C@@H](C)CC(=O)N2C[C@H]3C[C@H](CN(C(=O)c4ncc(F)cc4F)C3)[C@@H]2CCCC(=O)N1. The van der Waals surface area contributed by atoms with Crippen LogP contribution in [0.3, 0.4) is 0 Å². The first-order valence-corrected chi connectivity index (χ1v) is 13.3. The van der Waals surface area contributed by atoms with E-state index in [1.165, 1.54) is 0 Å². The van der Waals surface area contributed by atoms with Gasteiger partial charge in [0.25, 0.3) is 5.91 Å². The van der Waals surface area contributed by atoms with E-state index in [4.69, 9.17) is 0 Å². The Morgan fingerprint density at radius 3 is 2.64 bits per heavy atom. The molecule has 3 aliphatic heterocycles. The van der Waals surface area contributed by atoms with Crippen molar-refractivity contribution in [3.63, 3.8) is 0 Å². The summed E-state index contributed by atoms with van der Waals surface area (Å²) in [5.74, 6) is -1.46. The van der Waals surface area contributed by atoms with Gasteiger partial charge in [0.2, 0.25) is 11.8 Å². The van der Waals surface area contributed by atoms with Gasteiger partial charge >= 0.3 is 0 Å². The molecule has 36 heavy (non-hydrogen) atoms. The molecule has 2 bridgehead atoms. The van der Waals surface area contributed by atoms with Gasteiger partial charge in [-0.3, -0.25) is 14.4 Å². The number of nitrogens with one attached hydrogen (secondary N) is 1. The molecule has 5 atom stereocenters. The number of rotatable bonds is 2. The summed E-state index contributed by atoms with van der Waals surface area (Å²) in [5, 5.41) is 3.19. The lowest BCUT2D eigenvalue weighted by Crippen LogP contribution is -2.60. The van der Waals surface area contributed by atoms with E-state index in [0.717, 1.165) is 25.5 Å². The fourth-order valence-corrected chi connectivity index (χ4v) is 6.20. The number of nitrogens with zero attached hydrogens (tertiary/aromatic N) is 3. The highest BCUT2D eigenvalue weighted by Crippen LogP contribution is 2.37. The Balaban J connectivity index is 1.52. The van der Waals surface area contributed by atoms with Crippen LogP contribution in [0, 0.1) is 35.3 Å². The summed E-state index contributed by atoms with van der Waals surface area (Å²) in [6.07, 6.45) is 5.69. The van der Waals surface area contributed by atoms with Crippen molar-refractivity contribution in [1.82, 2.24) is 20.1 Å². The number of carbonyl (C=O) groups is 3. The van der Waals surface area contributed by atoms with Crippen LogP contribution in [0.15, 0.2) is 12.3 Å². The normalized spacial score (nSPS) is 30.1. The van der Waals surface area contributed by atoms with E-state index in [-0.39, 0.29) is 47.3 Å². The zero-order valence-corrected chi connectivity index (χ0v) is 21.5. The Morgan fingerprint density at radius 1 is 1.14 bits per heavy atom. The Morgan fingerprint density at radius 2 is 1.92 bits per heavy atom. The molecule has 3 amide bonds. The number of pyridine rings is 1. The maximum atomic E-state index is 14.3. The van der Waals surface area contributed by atoms with Crippen molar-refractivity contribution in [2.75, 3.05) is 19.6 Å². The summed E-state index contributed by atoms with van der Waals surface area (Å²) in [4.78, 5) is 46.5. The van der Waals surface area contributed by atoms with Gasteiger partial charge in [-0.25, -0.2) is 13.8 Å². The van der Waals surface area contributed by atoms with Gasteiger partial charge in [0.1, 0.15) is 5.82 Å². The molecule has 1 aromatic rings. The highest BCUT2D eigenvalue weighted by atomic mass is 19.1. The van der Waals surface area contributed by atoms with Gasteiger partial charge in [0.15, 0.2) is 11.5 Å². The van der Waals surface area contributed by atoms with Gasteiger partial charge in [-0.05, 0) is 55.8 Å². The van der Waals surface area contributed by atoms with Crippen LogP contribution < -0.4 is 5.32 Å². The predicted octanol–water partition coefficient (Wildman–Crippen LogP) is 3.78. The minimum absolute atomic E-state index is 0.0424. The largest absolute Gasteiger partial charge is 0.353 e. The molecular formula is C27H38F2N4O3. The number of aromatic nitrogens is 1. The molecule has 0 spiro atoms. The molecule has 0 unspecified atom stereocenters. The zero-order valence-electron chi connectivity index (χ0n) is 21.5. The topological polar surface area (TPSA) is 82.6 Å². The number of carbonyl (C=O) groups excluding carboxylic acids is 3. The number of halogens is 2. The summed E-state index contributed by atoms with van der Waals surface area (Å²) < 4.78 is 27.6. The van der Waals surface area contributed by atoms with Crippen molar-refractivity contribution >= 4 is 17.7 Å². The number of fused-ring (bicyclic) bond motifs is 4. The van der Waals surface area contributed by atoms with Gasteiger partial charge in [-0.1, -0.05) is 20.8 Å². The summed E-state index contributed by atoms with van der Waals surface area (Å²) in [6, 6.07) is 0.714. The van der Waals surface area contributed by atoms with Crippen LogP contribution in [0.5, 0.6) is 0 Å². The third-order valence-corrected chi connectivity index (χ3v) is 8.14. The molecule has 3 aliphatic rings. The van der Waals surface area contributed by atoms with Crippen LogP contribution >= 0.6 is 0 Å². The first-order valence-electron chi connectivity index (χ1n) is 13.3. The molecule has 3 fully saturated rings. The average Bonchev–Trinajstić information content (AvgIpc) is 2.82. The van der Waals surface area contributed by atoms with E-state index >= 15 is 0 Å². The van der Waals surface area contributed by atoms with Gasteiger partial charge < -0.3 is 15.1 Å². The van der Waals surface area contributed by atoms with E-state index in [9.17, 15) is 23.2 Å². The highest BCUT2D eigenvalue weighted by Gasteiger charge is 2.44. The molecule has 0 saturated carbocycles. The molecule has 4 rings (SSSR count). The second-order valence-corrected chi connectivity index (χ2v) is 11.4. The van der Waals surface area contributed by atoms with Crippen LogP contribution in [0.2, 0.25) is 0 Å². The van der Waals surface area contributed by atoms with Crippen molar-refractivity contribution in [3.05, 3.63) is 29.6 Å². The van der Waals surface area contributed by atoms with E-state index in [1.807, 2.05) is 4.90 Å². The van der Waals surface area contributed by atoms with Crippen LogP contribution in [-0.2, 0) is 9.59 Å². The van der Waals surface area contributed by atoms with Crippen molar-refractivity contribution < 1.29 is 23.2 Å². The van der Waals surface area contributed by atoms with Crippen LogP contribution in [-0.4, -0.2) is 64.2 Å². The molecule has 9 heteroatoms. The molecular weight excluding hydrogens is 466 g/mol. The minimum atomic E-state index is -0.964. The smallest absolute Gasteiger partial charge is 0.275 e. The lowest BCUT2D eigenvalue weighted by molar-refractivity contribution is -0.141. The lowest BCUT2D eigenvalue weighted by Gasteiger charge is -2.51. The molecule has 0 radical (unpaired) electrons. The number of amides is 3. The number of piperidine rings is 2. The summed E-state index contributed by atoms with van der Waals surface area (Å²) in [7, 11) is 0. The van der Waals surface area contributed by atoms with Crippen LogP contribution in [0.4, 0.5) is 8.78 Å². The molecule has 7 nitrogen and oxygen atoms in total. The zero-order chi connectivity index (χ0) is 26.0. The second kappa shape index (κ2) is 11.2. The molecule has 1 aromatic heterocycles. The maximum Gasteiger partial charge on any atom is 0.275 e. The third-order valence-electron chi connectivity index (χ3n) is 8.14. The van der Waals surface area contributed by atoms with Gasteiger partial charge in [0.05, 0.1) is 6.20 Å². The first-order chi connectivity index (χ1) is 17.1. The van der Waals surface area contributed by atoms with E-state index < -0.39 is 17.5 Å². The first kappa shape index (κ1) is 26.5. The maximum absolute atomic E-state index is 14.3. The molecule has 198 valence electrons. The number of likely N-dealkylation sites (tertiary alicyclic amines) is 1. The van der Waals surface area contributed by atoms with Gasteiger partial charge in [-0.15, -0.1) is 0 Å². The van der Waals surface area contributed by atoms with Crippen molar-refractivity contribution in [1.29, 1.82) is 0 Å². The summed E-state index contributed by atoms with van der Waals surface area (Å²) in [6.45, 7) is 7.68. The molecule has 1 N–H and O–H groups in total. The van der Waals surface area contributed by atoms with Gasteiger partial charge in [-0.2, -0.15) is 0 Å². The number of hydrogen-bond donors (Lipinski definition) is 1. The molecule has 0 aliphatic carbocycles. The number of hydrogen-bond acceptors (Lipinski definition) is 4. The van der Waals surface area contributed by atoms with Crippen molar-refractivity contribution in [2.45, 2.75) is 77.8 Å². The van der Waals surface area contributed by atoms with Crippen LogP contribution in [0.1, 0.15) is 76.2 Å². The minimum Gasteiger partial charge on any atom is -0.353 e. The third kappa shape index (κ3) is 6.03. The van der Waals surface area contributed by atoms with E-state index in [2.05, 4.69) is 31.1 Å². The van der Waals surface area contributed by atoms with E-state index in [1.54, 1.807) is 4.90 Å². The quantitative estimate of drug-likeness (QED) is 0.665.